The largest absolute Gasteiger partial charge is 0.356 e. The maximum Gasteiger partial charge on any atom is 0.224 e. The van der Waals surface area contributed by atoms with Crippen molar-refractivity contribution in [2.45, 2.75) is 39.5 Å². The molecule has 0 bridgehead atoms. The van der Waals surface area contributed by atoms with Crippen molar-refractivity contribution in [2.24, 2.45) is 5.92 Å². The Hall–Kier alpha value is -1.77. The van der Waals surface area contributed by atoms with E-state index in [1.807, 2.05) is 0 Å². The minimum Gasteiger partial charge on any atom is -0.356 e. The van der Waals surface area contributed by atoms with Gasteiger partial charge >= 0.3 is 0 Å². The lowest BCUT2D eigenvalue weighted by atomic mass is 9.97. The second kappa shape index (κ2) is 10.7. The maximum absolute atomic E-state index is 12.8. The number of carbonyl (C=O) groups excluding carboxylic acids is 1. The number of carbonyl (C=O) groups is 1. The lowest BCUT2D eigenvalue weighted by molar-refractivity contribution is -0.125. The molecule has 0 radical (unpaired) electrons. The van der Waals surface area contributed by atoms with Gasteiger partial charge in [0.05, 0.1) is 11.3 Å². The van der Waals surface area contributed by atoms with E-state index < -0.39 is 0 Å². The molecule has 4 rings (SSSR count). The molecule has 4 heterocycles. The number of hydrogen-bond donors (Lipinski definition) is 1. The second-order valence-corrected chi connectivity index (χ2v) is 9.80. The number of fused-ring (bicyclic) bond motifs is 1. The molecule has 0 aromatic carbocycles. The minimum absolute atomic E-state index is 0.0381. The van der Waals surface area contributed by atoms with Gasteiger partial charge in [0.1, 0.15) is 17.0 Å². The van der Waals surface area contributed by atoms with E-state index in [0.717, 1.165) is 87.5 Å². The molecule has 0 aliphatic carbocycles. The molecule has 7 nitrogen and oxygen atoms in total. The summed E-state index contributed by atoms with van der Waals surface area (Å²) in [6.07, 6.45) is 5.68. The second-order valence-electron chi connectivity index (χ2n) is 8.69. The average molecular weight is 445 g/mol. The number of piperazine rings is 1. The van der Waals surface area contributed by atoms with E-state index in [1.165, 1.54) is 18.0 Å². The summed E-state index contributed by atoms with van der Waals surface area (Å²) in [6, 6.07) is 2.22. The first kappa shape index (κ1) is 22.4. The highest BCUT2D eigenvalue weighted by molar-refractivity contribution is 7.18. The van der Waals surface area contributed by atoms with E-state index in [2.05, 4.69) is 49.9 Å². The average Bonchev–Trinajstić information content (AvgIpc) is 3.26. The van der Waals surface area contributed by atoms with Crippen LogP contribution in [0, 0.1) is 5.92 Å². The van der Waals surface area contributed by atoms with Crippen LogP contribution in [0.4, 0.5) is 5.82 Å². The first-order valence-electron chi connectivity index (χ1n) is 11.9. The smallest absolute Gasteiger partial charge is 0.224 e. The van der Waals surface area contributed by atoms with Gasteiger partial charge in [0.15, 0.2) is 0 Å². The van der Waals surface area contributed by atoms with Crippen LogP contribution in [0.5, 0.6) is 0 Å². The zero-order chi connectivity index (χ0) is 21.6. The molecular formula is C23H36N6OS. The Morgan fingerprint density at radius 1 is 1.16 bits per heavy atom. The Morgan fingerprint density at radius 3 is 2.74 bits per heavy atom. The molecule has 2 aliphatic rings. The van der Waals surface area contributed by atoms with Crippen LogP contribution in [-0.2, 0) is 11.2 Å². The zero-order valence-electron chi connectivity index (χ0n) is 19.0. The third kappa shape index (κ3) is 5.54. The van der Waals surface area contributed by atoms with Crippen LogP contribution in [0.3, 0.4) is 0 Å². The van der Waals surface area contributed by atoms with Crippen LogP contribution < -0.4 is 10.2 Å². The van der Waals surface area contributed by atoms with Crippen LogP contribution in [0.1, 0.15) is 38.0 Å². The summed E-state index contributed by atoms with van der Waals surface area (Å²) >= 11 is 1.75. The fraction of sp³-hybridized carbons (Fsp3) is 0.696. The summed E-state index contributed by atoms with van der Waals surface area (Å²) in [6.45, 7) is 13.7. The molecule has 31 heavy (non-hydrogen) atoms. The van der Waals surface area contributed by atoms with Gasteiger partial charge < -0.3 is 20.0 Å². The van der Waals surface area contributed by atoms with E-state index in [4.69, 9.17) is 0 Å². The Morgan fingerprint density at radius 2 is 1.97 bits per heavy atom. The Labute approximate surface area is 189 Å². The first-order valence-corrected chi connectivity index (χ1v) is 12.7. The first-order chi connectivity index (χ1) is 15.2. The molecule has 2 aliphatic heterocycles. The van der Waals surface area contributed by atoms with Crippen LogP contribution in [0.15, 0.2) is 12.4 Å². The van der Waals surface area contributed by atoms with E-state index in [9.17, 15) is 4.79 Å². The van der Waals surface area contributed by atoms with Crippen molar-refractivity contribution in [2.75, 3.05) is 63.8 Å². The molecule has 2 fully saturated rings. The molecule has 2 saturated heterocycles. The third-order valence-corrected chi connectivity index (χ3v) is 7.85. The lowest BCUT2D eigenvalue weighted by Gasteiger charge is -2.34. The van der Waals surface area contributed by atoms with Gasteiger partial charge in [-0.1, -0.05) is 13.8 Å². The Bertz CT molecular complexity index is 863. The highest BCUT2D eigenvalue weighted by Crippen LogP contribution is 2.32. The maximum atomic E-state index is 12.8. The fourth-order valence-electron chi connectivity index (χ4n) is 4.69. The van der Waals surface area contributed by atoms with Crippen molar-refractivity contribution in [3.8, 4) is 0 Å². The topological polar surface area (TPSA) is 64.6 Å². The minimum atomic E-state index is 0.0381. The van der Waals surface area contributed by atoms with Gasteiger partial charge in [-0.15, -0.1) is 11.3 Å². The van der Waals surface area contributed by atoms with Crippen LogP contribution in [0.2, 0.25) is 0 Å². The summed E-state index contributed by atoms with van der Waals surface area (Å²) in [7, 11) is 0. The van der Waals surface area contributed by atoms with Crippen LogP contribution in [0.25, 0.3) is 10.2 Å². The monoisotopic (exact) mass is 444 g/mol. The normalized spacial score (nSPS) is 21.0. The van der Waals surface area contributed by atoms with Crippen molar-refractivity contribution in [3.63, 3.8) is 0 Å². The zero-order valence-corrected chi connectivity index (χ0v) is 19.8. The number of nitrogens with zero attached hydrogens (tertiary/aromatic N) is 5. The van der Waals surface area contributed by atoms with Gasteiger partial charge in [0, 0.05) is 50.7 Å². The number of anilines is 1. The van der Waals surface area contributed by atoms with E-state index in [1.54, 1.807) is 17.7 Å². The highest BCUT2D eigenvalue weighted by Gasteiger charge is 2.27. The summed E-state index contributed by atoms with van der Waals surface area (Å²) in [5.74, 6) is 1.23. The Kier molecular flexibility index (Phi) is 7.74. The molecule has 2 aromatic heterocycles. The molecule has 8 heteroatoms. The van der Waals surface area contributed by atoms with Crippen molar-refractivity contribution in [3.05, 3.63) is 17.3 Å². The number of rotatable bonds is 8. The number of hydrogen-bond acceptors (Lipinski definition) is 7. The number of amides is 1. The molecule has 1 atom stereocenters. The van der Waals surface area contributed by atoms with Gasteiger partial charge in [0.25, 0.3) is 0 Å². The summed E-state index contributed by atoms with van der Waals surface area (Å²) < 4.78 is 0. The standard InChI is InChI=1S/C23H36N6OS/c1-3-19-15-20-21(25-17-26-23(20)31-19)29-10-5-7-18(16-29)22(30)24-8-6-9-28-13-11-27(4-2)12-14-28/h15,17-18H,3-14,16H2,1-2H3,(H,24,30). The van der Waals surface area contributed by atoms with Gasteiger partial charge in [-0.3, -0.25) is 4.79 Å². The molecule has 0 saturated carbocycles. The van der Waals surface area contributed by atoms with E-state index >= 15 is 0 Å². The number of piperidine rings is 1. The van der Waals surface area contributed by atoms with Gasteiger partial charge in [-0.05, 0) is 44.8 Å². The third-order valence-electron chi connectivity index (χ3n) is 6.66. The number of aryl methyl sites for hydroxylation is 1. The number of aromatic nitrogens is 2. The quantitative estimate of drug-likeness (QED) is 0.632. The van der Waals surface area contributed by atoms with Gasteiger partial charge in [0.2, 0.25) is 5.91 Å². The predicted octanol–water partition coefficient (Wildman–Crippen LogP) is 2.61. The number of nitrogens with one attached hydrogen (secondary N) is 1. The molecule has 1 unspecified atom stereocenters. The summed E-state index contributed by atoms with van der Waals surface area (Å²) in [4.78, 5) is 31.6. The van der Waals surface area contributed by atoms with Crippen molar-refractivity contribution in [1.82, 2.24) is 25.1 Å². The molecule has 1 N–H and O–H groups in total. The molecular weight excluding hydrogens is 408 g/mol. The molecule has 1 amide bonds. The van der Waals surface area contributed by atoms with Crippen LogP contribution >= 0.6 is 11.3 Å². The predicted molar refractivity (Wildman–Crippen MR) is 128 cm³/mol. The molecule has 170 valence electrons. The Balaban J connectivity index is 1.26. The SMILES string of the molecule is CCc1cc2c(N3CCCC(C(=O)NCCCN4CCN(CC)CC4)C3)ncnc2s1. The summed E-state index contributed by atoms with van der Waals surface area (Å²) in [5.41, 5.74) is 0. The fourth-order valence-corrected chi connectivity index (χ4v) is 5.62. The van der Waals surface area contributed by atoms with Gasteiger partial charge in [-0.25, -0.2) is 9.97 Å². The molecule has 0 spiro atoms. The number of thiophene rings is 1. The van der Waals surface area contributed by atoms with Crippen molar-refractivity contribution >= 4 is 33.3 Å². The molecule has 2 aromatic rings. The lowest BCUT2D eigenvalue weighted by Crippen LogP contribution is -2.47. The van der Waals surface area contributed by atoms with E-state index in [-0.39, 0.29) is 11.8 Å². The summed E-state index contributed by atoms with van der Waals surface area (Å²) in [5, 5.41) is 4.33. The van der Waals surface area contributed by atoms with Gasteiger partial charge in [-0.2, -0.15) is 0 Å². The van der Waals surface area contributed by atoms with Crippen molar-refractivity contribution in [1.29, 1.82) is 0 Å². The van der Waals surface area contributed by atoms with Crippen molar-refractivity contribution < 1.29 is 4.79 Å². The number of likely N-dealkylation sites (N-methyl/N-ethyl adjacent to an activating group) is 1. The van der Waals surface area contributed by atoms with E-state index in [0.29, 0.717) is 0 Å². The highest BCUT2D eigenvalue weighted by atomic mass is 32.1. The van der Waals surface area contributed by atoms with Crippen LogP contribution in [-0.4, -0.2) is 84.6 Å².